The van der Waals surface area contributed by atoms with Crippen LogP contribution in [-0.2, 0) is 35.2 Å². The number of nitrogens with two attached hydrogens (primary N) is 4. The van der Waals surface area contributed by atoms with Gasteiger partial charge >= 0.3 is 5.97 Å². The first-order valence-electron chi connectivity index (χ1n) is 11.6. The van der Waals surface area contributed by atoms with E-state index in [-0.39, 0.29) is 12.8 Å². The van der Waals surface area contributed by atoms with Crippen molar-refractivity contribution in [2.45, 2.75) is 62.7 Å². The molecule has 0 aliphatic rings. The number of primary amides is 2. The van der Waals surface area contributed by atoms with Gasteiger partial charge < -0.3 is 44.0 Å². The Morgan fingerprint density at radius 1 is 0.757 bits per heavy atom. The van der Waals surface area contributed by atoms with Crippen LogP contribution in [0.1, 0.15) is 37.7 Å². The first kappa shape index (κ1) is 31.0. The van der Waals surface area contributed by atoms with E-state index in [2.05, 4.69) is 16.0 Å². The van der Waals surface area contributed by atoms with Crippen LogP contribution < -0.4 is 38.9 Å². The Balaban J connectivity index is 3.13. The smallest absolute Gasteiger partial charge is 0.326 e. The SMILES string of the molecule is NCCCC[C@H](NC(=O)[C@@H](N)CC(N)=O)C(=O)N[C@@H](Cc1ccccc1)C(=O)N[C@@H](CC(N)=O)C(=O)O. The third-order valence-corrected chi connectivity index (χ3v) is 5.27. The molecule has 0 aliphatic carbocycles. The molecule has 14 nitrogen and oxygen atoms in total. The minimum absolute atomic E-state index is 0.0218. The third kappa shape index (κ3) is 12.0. The van der Waals surface area contributed by atoms with E-state index in [9.17, 15) is 33.9 Å². The highest BCUT2D eigenvalue weighted by Gasteiger charge is 2.31. The molecule has 5 amide bonds. The fourth-order valence-electron chi connectivity index (χ4n) is 3.35. The van der Waals surface area contributed by atoms with Gasteiger partial charge in [0.1, 0.15) is 18.1 Å². The standard InChI is InChI=1S/C23H35N7O7/c24-9-5-4-8-15(28-20(33)14(25)11-18(26)31)21(34)29-16(10-13-6-2-1-3-7-13)22(35)30-17(23(36)37)12-19(27)32/h1-3,6-7,14-17H,4-5,8-12,24-25H2,(H2,26,31)(H2,27,32)(H,28,33)(H,29,34)(H,30,35)(H,36,37)/t14-,15-,16-,17-/m0/s1. The van der Waals surface area contributed by atoms with Crippen molar-refractivity contribution in [3.8, 4) is 0 Å². The summed E-state index contributed by atoms with van der Waals surface area (Å²) in [5, 5.41) is 16.5. The Labute approximate surface area is 213 Å². The van der Waals surface area contributed by atoms with Crippen molar-refractivity contribution in [2.24, 2.45) is 22.9 Å². The number of rotatable bonds is 17. The zero-order chi connectivity index (χ0) is 28.0. The molecule has 0 aliphatic heterocycles. The lowest BCUT2D eigenvalue weighted by atomic mass is 10.0. The van der Waals surface area contributed by atoms with Crippen LogP contribution in [0.5, 0.6) is 0 Å². The Morgan fingerprint density at radius 2 is 1.30 bits per heavy atom. The molecule has 0 unspecified atom stereocenters. The molecule has 0 heterocycles. The molecule has 0 bridgehead atoms. The molecule has 0 saturated heterocycles. The van der Waals surface area contributed by atoms with Crippen LogP contribution in [0.15, 0.2) is 30.3 Å². The lowest BCUT2D eigenvalue weighted by Crippen LogP contribution is -2.58. The molecule has 14 heteroatoms. The summed E-state index contributed by atoms with van der Waals surface area (Å²) in [4.78, 5) is 72.4. The fourth-order valence-corrected chi connectivity index (χ4v) is 3.35. The second kappa shape index (κ2) is 15.9. The van der Waals surface area contributed by atoms with E-state index in [1.807, 2.05) is 0 Å². The highest BCUT2D eigenvalue weighted by atomic mass is 16.4. The minimum atomic E-state index is -1.60. The number of carboxylic acids is 1. The van der Waals surface area contributed by atoms with Gasteiger partial charge in [0.05, 0.1) is 18.9 Å². The maximum atomic E-state index is 13.2. The van der Waals surface area contributed by atoms with Gasteiger partial charge in [-0.2, -0.15) is 0 Å². The zero-order valence-electron chi connectivity index (χ0n) is 20.4. The molecule has 37 heavy (non-hydrogen) atoms. The molecular weight excluding hydrogens is 486 g/mol. The molecule has 0 spiro atoms. The van der Waals surface area contributed by atoms with Crippen molar-refractivity contribution in [3.63, 3.8) is 0 Å². The van der Waals surface area contributed by atoms with E-state index in [1.54, 1.807) is 30.3 Å². The largest absolute Gasteiger partial charge is 0.480 e. The first-order valence-corrected chi connectivity index (χ1v) is 11.6. The Kier molecular flexibility index (Phi) is 13.3. The Morgan fingerprint density at radius 3 is 1.84 bits per heavy atom. The van der Waals surface area contributed by atoms with Gasteiger partial charge in [-0.3, -0.25) is 24.0 Å². The molecule has 0 saturated carbocycles. The van der Waals surface area contributed by atoms with Crippen molar-refractivity contribution in [1.82, 2.24) is 16.0 Å². The number of hydrogen-bond donors (Lipinski definition) is 8. The van der Waals surface area contributed by atoms with Crippen molar-refractivity contribution in [1.29, 1.82) is 0 Å². The van der Waals surface area contributed by atoms with Gasteiger partial charge in [0, 0.05) is 6.42 Å². The maximum absolute atomic E-state index is 13.2. The highest BCUT2D eigenvalue weighted by Crippen LogP contribution is 2.08. The molecular formula is C23H35N7O7. The summed E-state index contributed by atoms with van der Waals surface area (Å²) in [5.41, 5.74) is 22.0. The average Bonchev–Trinajstić information content (AvgIpc) is 2.82. The lowest BCUT2D eigenvalue weighted by molar-refractivity contribution is -0.143. The van der Waals surface area contributed by atoms with Crippen molar-refractivity contribution >= 4 is 35.5 Å². The van der Waals surface area contributed by atoms with Crippen molar-refractivity contribution in [3.05, 3.63) is 35.9 Å². The normalized spacial score (nSPS) is 13.9. The van der Waals surface area contributed by atoms with Crippen LogP contribution in [0.4, 0.5) is 0 Å². The summed E-state index contributed by atoms with van der Waals surface area (Å²) < 4.78 is 0. The number of unbranched alkanes of at least 4 members (excludes halogenated alkanes) is 1. The Bertz CT molecular complexity index is 958. The minimum Gasteiger partial charge on any atom is -0.480 e. The molecule has 0 radical (unpaired) electrons. The summed E-state index contributed by atoms with van der Waals surface area (Å²) in [6.45, 7) is 0.346. The van der Waals surface area contributed by atoms with Gasteiger partial charge in [-0.05, 0) is 31.4 Å². The number of carbonyl (C=O) groups excluding carboxylic acids is 5. The fraction of sp³-hybridized carbons (Fsp3) is 0.478. The van der Waals surface area contributed by atoms with Crippen LogP contribution in [0, 0.1) is 0 Å². The predicted molar refractivity (Wildman–Crippen MR) is 132 cm³/mol. The number of amides is 5. The van der Waals surface area contributed by atoms with Crippen LogP contribution in [-0.4, -0.2) is 71.3 Å². The Hall–Kier alpha value is -4.04. The highest BCUT2D eigenvalue weighted by molar-refractivity contribution is 5.95. The summed E-state index contributed by atoms with van der Waals surface area (Å²) in [7, 11) is 0. The zero-order valence-corrected chi connectivity index (χ0v) is 20.4. The summed E-state index contributed by atoms with van der Waals surface area (Å²) in [6.07, 6.45) is 0.0493. The second-order valence-corrected chi connectivity index (χ2v) is 8.44. The molecule has 12 N–H and O–H groups in total. The van der Waals surface area contributed by atoms with E-state index < -0.39 is 72.5 Å². The van der Waals surface area contributed by atoms with E-state index in [4.69, 9.17) is 22.9 Å². The summed E-state index contributed by atoms with van der Waals surface area (Å²) in [5.74, 6) is -5.62. The quantitative estimate of drug-likeness (QED) is 0.0968. The molecule has 1 rings (SSSR count). The number of hydrogen-bond acceptors (Lipinski definition) is 8. The van der Waals surface area contributed by atoms with E-state index in [0.717, 1.165) is 0 Å². The third-order valence-electron chi connectivity index (χ3n) is 5.27. The van der Waals surface area contributed by atoms with E-state index in [1.165, 1.54) is 0 Å². The van der Waals surface area contributed by atoms with Gasteiger partial charge in [-0.25, -0.2) is 4.79 Å². The number of nitrogens with one attached hydrogen (secondary N) is 3. The topological polar surface area (TPSA) is 263 Å². The van der Waals surface area contributed by atoms with Gasteiger partial charge in [-0.15, -0.1) is 0 Å². The van der Waals surface area contributed by atoms with Crippen LogP contribution >= 0.6 is 0 Å². The first-order chi connectivity index (χ1) is 17.4. The molecule has 4 atom stereocenters. The number of benzene rings is 1. The van der Waals surface area contributed by atoms with Crippen LogP contribution in [0.2, 0.25) is 0 Å². The van der Waals surface area contributed by atoms with Crippen LogP contribution in [0.25, 0.3) is 0 Å². The van der Waals surface area contributed by atoms with E-state index in [0.29, 0.717) is 24.9 Å². The number of carboxylic acid groups (broad SMARTS) is 1. The molecule has 1 aromatic rings. The second-order valence-electron chi connectivity index (χ2n) is 8.44. The molecule has 204 valence electrons. The maximum Gasteiger partial charge on any atom is 0.326 e. The summed E-state index contributed by atoms with van der Waals surface area (Å²) >= 11 is 0. The van der Waals surface area contributed by atoms with Crippen LogP contribution in [0.3, 0.4) is 0 Å². The van der Waals surface area contributed by atoms with E-state index >= 15 is 0 Å². The molecule has 0 aromatic heterocycles. The molecule has 0 fully saturated rings. The van der Waals surface area contributed by atoms with Gasteiger partial charge in [0.2, 0.25) is 29.5 Å². The van der Waals surface area contributed by atoms with Crippen molar-refractivity contribution in [2.75, 3.05) is 6.54 Å². The monoisotopic (exact) mass is 521 g/mol. The number of aliphatic carboxylic acids is 1. The summed E-state index contributed by atoms with van der Waals surface area (Å²) in [6, 6.07) is 3.31. The molecule has 1 aromatic carbocycles. The lowest BCUT2D eigenvalue weighted by Gasteiger charge is -2.25. The van der Waals surface area contributed by atoms with Gasteiger partial charge in [0.25, 0.3) is 0 Å². The van der Waals surface area contributed by atoms with Gasteiger partial charge in [0.15, 0.2) is 0 Å². The number of carbonyl (C=O) groups is 6. The average molecular weight is 522 g/mol. The predicted octanol–water partition coefficient (Wildman–Crippen LogP) is -3.02. The van der Waals surface area contributed by atoms with Crippen molar-refractivity contribution < 1.29 is 33.9 Å². The van der Waals surface area contributed by atoms with Gasteiger partial charge in [-0.1, -0.05) is 30.3 Å².